The molecule has 0 spiro atoms. The van der Waals surface area contributed by atoms with Gasteiger partial charge in [0.25, 0.3) is 0 Å². The summed E-state index contributed by atoms with van der Waals surface area (Å²) in [5.41, 5.74) is 7.67. The van der Waals surface area contributed by atoms with Crippen molar-refractivity contribution in [3.8, 4) is 0 Å². The minimum Gasteiger partial charge on any atom is -0.330 e. The van der Waals surface area contributed by atoms with E-state index in [0.29, 0.717) is 6.54 Å². The molecule has 4 nitrogen and oxygen atoms in total. The average Bonchev–Trinajstić information content (AvgIpc) is 2.46. The molecule has 1 heterocycles. The molecule has 0 aliphatic heterocycles. The predicted molar refractivity (Wildman–Crippen MR) is 52.4 cm³/mol. The van der Waals surface area contributed by atoms with E-state index in [9.17, 15) is 0 Å². The summed E-state index contributed by atoms with van der Waals surface area (Å²) in [6, 6.07) is 0. The fourth-order valence-electron chi connectivity index (χ4n) is 1.28. The van der Waals surface area contributed by atoms with E-state index in [1.54, 1.807) is 0 Å². The van der Waals surface area contributed by atoms with Gasteiger partial charge in [0.15, 0.2) is 0 Å². The first-order valence-corrected chi connectivity index (χ1v) is 4.88. The van der Waals surface area contributed by atoms with Crippen LogP contribution in [0, 0.1) is 6.92 Å². The minimum absolute atomic E-state index is 0.646. The summed E-state index contributed by atoms with van der Waals surface area (Å²) in [5, 5.41) is 8.17. The summed E-state index contributed by atoms with van der Waals surface area (Å²) in [6.07, 6.45) is 3.18. The van der Waals surface area contributed by atoms with Crippen molar-refractivity contribution >= 4 is 0 Å². The third kappa shape index (κ3) is 2.52. The van der Waals surface area contributed by atoms with Crippen LogP contribution >= 0.6 is 0 Å². The normalized spacial score (nSPS) is 10.7. The molecule has 4 heteroatoms. The quantitative estimate of drug-likeness (QED) is 0.735. The standard InChI is InChI=1S/C9H18N4/c1-3-4-7-13-8(2)9(5-6-10)11-12-13/h3-7,10H2,1-2H3. The third-order valence-electron chi connectivity index (χ3n) is 2.18. The minimum atomic E-state index is 0.646. The van der Waals surface area contributed by atoms with Crippen molar-refractivity contribution in [2.75, 3.05) is 6.54 Å². The van der Waals surface area contributed by atoms with Crippen LogP contribution in [0.15, 0.2) is 0 Å². The maximum atomic E-state index is 5.46. The molecule has 1 rings (SSSR count). The predicted octanol–water partition coefficient (Wildman–Crippen LogP) is 0.888. The molecule has 0 unspecified atom stereocenters. The van der Waals surface area contributed by atoms with E-state index in [1.165, 1.54) is 12.1 Å². The molecular formula is C9H18N4. The number of hydrogen-bond acceptors (Lipinski definition) is 3. The summed E-state index contributed by atoms with van der Waals surface area (Å²) < 4.78 is 1.97. The highest BCUT2D eigenvalue weighted by atomic mass is 15.4. The van der Waals surface area contributed by atoms with Gasteiger partial charge in [0.05, 0.1) is 11.4 Å². The molecule has 74 valence electrons. The zero-order chi connectivity index (χ0) is 9.68. The molecule has 0 atom stereocenters. The summed E-state index contributed by atoms with van der Waals surface area (Å²) in [7, 11) is 0. The molecule has 0 aliphatic carbocycles. The Morgan fingerprint density at radius 1 is 1.46 bits per heavy atom. The topological polar surface area (TPSA) is 56.7 Å². The lowest BCUT2D eigenvalue weighted by Crippen LogP contribution is -2.06. The van der Waals surface area contributed by atoms with Gasteiger partial charge in [-0.2, -0.15) is 0 Å². The summed E-state index contributed by atoms with van der Waals surface area (Å²) in [4.78, 5) is 0. The van der Waals surface area contributed by atoms with Gasteiger partial charge in [-0.25, -0.2) is 4.68 Å². The number of hydrogen-bond donors (Lipinski definition) is 1. The average molecular weight is 182 g/mol. The number of unbranched alkanes of at least 4 members (excludes halogenated alkanes) is 1. The van der Waals surface area contributed by atoms with Gasteiger partial charge in [0.2, 0.25) is 0 Å². The van der Waals surface area contributed by atoms with Crippen LogP contribution in [0.2, 0.25) is 0 Å². The van der Waals surface area contributed by atoms with Crippen LogP contribution in [0.5, 0.6) is 0 Å². The molecule has 0 amide bonds. The van der Waals surface area contributed by atoms with Crippen molar-refractivity contribution in [2.24, 2.45) is 5.73 Å². The van der Waals surface area contributed by atoms with E-state index in [0.717, 1.165) is 25.1 Å². The molecule has 1 aromatic heterocycles. The molecule has 0 fully saturated rings. The second kappa shape index (κ2) is 4.97. The lowest BCUT2D eigenvalue weighted by molar-refractivity contribution is 0.542. The third-order valence-corrected chi connectivity index (χ3v) is 2.18. The van der Waals surface area contributed by atoms with Gasteiger partial charge in [0.1, 0.15) is 0 Å². The van der Waals surface area contributed by atoms with Gasteiger partial charge in [0, 0.05) is 13.0 Å². The zero-order valence-electron chi connectivity index (χ0n) is 8.45. The van der Waals surface area contributed by atoms with Crippen LogP contribution in [-0.2, 0) is 13.0 Å². The Morgan fingerprint density at radius 3 is 2.85 bits per heavy atom. The van der Waals surface area contributed by atoms with Crippen molar-refractivity contribution in [1.82, 2.24) is 15.0 Å². The Hall–Kier alpha value is -0.900. The molecular weight excluding hydrogens is 164 g/mol. The monoisotopic (exact) mass is 182 g/mol. The Morgan fingerprint density at radius 2 is 2.23 bits per heavy atom. The Bertz CT molecular complexity index is 254. The fourth-order valence-corrected chi connectivity index (χ4v) is 1.28. The van der Waals surface area contributed by atoms with Gasteiger partial charge in [-0.3, -0.25) is 0 Å². The van der Waals surface area contributed by atoms with Crippen LogP contribution in [0.3, 0.4) is 0 Å². The first kappa shape index (κ1) is 10.2. The second-order valence-electron chi connectivity index (χ2n) is 3.24. The highest BCUT2D eigenvalue weighted by Crippen LogP contribution is 2.05. The highest BCUT2D eigenvalue weighted by molar-refractivity contribution is 5.07. The fraction of sp³-hybridized carbons (Fsp3) is 0.778. The van der Waals surface area contributed by atoms with Crippen molar-refractivity contribution in [2.45, 2.75) is 39.7 Å². The molecule has 13 heavy (non-hydrogen) atoms. The summed E-state index contributed by atoms with van der Waals surface area (Å²) in [6.45, 7) is 5.85. The van der Waals surface area contributed by atoms with E-state index >= 15 is 0 Å². The van der Waals surface area contributed by atoms with Crippen molar-refractivity contribution in [3.05, 3.63) is 11.4 Å². The van der Waals surface area contributed by atoms with Crippen LogP contribution < -0.4 is 5.73 Å². The van der Waals surface area contributed by atoms with E-state index in [4.69, 9.17) is 5.73 Å². The van der Waals surface area contributed by atoms with E-state index in [2.05, 4.69) is 24.2 Å². The van der Waals surface area contributed by atoms with Crippen LogP contribution in [-0.4, -0.2) is 21.5 Å². The number of rotatable bonds is 5. The molecule has 0 radical (unpaired) electrons. The maximum absolute atomic E-state index is 5.46. The Balaban J connectivity index is 2.62. The molecule has 0 saturated carbocycles. The van der Waals surface area contributed by atoms with Crippen molar-refractivity contribution in [3.63, 3.8) is 0 Å². The first-order chi connectivity index (χ1) is 6.29. The zero-order valence-corrected chi connectivity index (χ0v) is 8.45. The lowest BCUT2D eigenvalue weighted by Gasteiger charge is -2.01. The number of nitrogens with zero attached hydrogens (tertiary/aromatic N) is 3. The van der Waals surface area contributed by atoms with Gasteiger partial charge >= 0.3 is 0 Å². The van der Waals surface area contributed by atoms with Crippen LogP contribution in [0.4, 0.5) is 0 Å². The van der Waals surface area contributed by atoms with E-state index in [1.807, 2.05) is 4.68 Å². The number of aryl methyl sites for hydroxylation is 1. The summed E-state index contributed by atoms with van der Waals surface area (Å²) >= 11 is 0. The highest BCUT2D eigenvalue weighted by Gasteiger charge is 2.06. The Kier molecular flexibility index (Phi) is 3.89. The van der Waals surface area contributed by atoms with Crippen LogP contribution in [0.1, 0.15) is 31.2 Å². The molecule has 1 aromatic rings. The lowest BCUT2D eigenvalue weighted by atomic mass is 10.2. The van der Waals surface area contributed by atoms with Gasteiger partial charge in [-0.05, 0) is 19.9 Å². The second-order valence-corrected chi connectivity index (χ2v) is 3.24. The SMILES string of the molecule is CCCCn1nnc(CCN)c1C. The molecule has 2 N–H and O–H groups in total. The van der Waals surface area contributed by atoms with Gasteiger partial charge < -0.3 is 5.73 Å². The van der Waals surface area contributed by atoms with Crippen molar-refractivity contribution < 1.29 is 0 Å². The number of nitrogens with two attached hydrogens (primary N) is 1. The smallest absolute Gasteiger partial charge is 0.0868 e. The molecule has 0 aromatic carbocycles. The van der Waals surface area contributed by atoms with Gasteiger partial charge in [-0.15, -0.1) is 5.10 Å². The number of aromatic nitrogens is 3. The molecule has 0 saturated heterocycles. The Labute approximate surface area is 79.1 Å². The summed E-state index contributed by atoms with van der Waals surface area (Å²) in [5.74, 6) is 0. The largest absolute Gasteiger partial charge is 0.330 e. The molecule has 0 bridgehead atoms. The maximum Gasteiger partial charge on any atom is 0.0868 e. The molecule has 0 aliphatic rings. The van der Waals surface area contributed by atoms with Crippen molar-refractivity contribution in [1.29, 1.82) is 0 Å². The van der Waals surface area contributed by atoms with Crippen LogP contribution in [0.25, 0.3) is 0 Å². The van der Waals surface area contributed by atoms with Gasteiger partial charge in [-0.1, -0.05) is 18.6 Å². The van der Waals surface area contributed by atoms with E-state index < -0.39 is 0 Å². The first-order valence-electron chi connectivity index (χ1n) is 4.88. The van der Waals surface area contributed by atoms with E-state index in [-0.39, 0.29) is 0 Å².